The normalized spacial score (nSPS) is 37.7. The van der Waals surface area contributed by atoms with Crippen LogP contribution in [0, 0.1) is 11.8 Å². The van der Waals surface area contributed by atoms with Gasteiger partial charge in [0.05, 0.1) is 0 Å². The number of hydrogen-bond acceptors (Lipinski definition) is 4. The van der Waals surface area contributed by atoms with Crippen LogP contribution in [0.15, 0.2) is 0 Å². The Bertz CT molecular complexity index is 341. The van der Waals surface area contributed by atoms with Crippen molar-refractivity contribution >= 4 is 0 Å². The van der Waals surface area contributed by atoms with E-state index in [1.54, 1.807) is 0 Å². The number of nitrogens with zero attached hydrogens (tertiary/aromatic N) is 1. The Morgan fingerprint density at radius 3 is 2.62 bits per heavy atom. The van der Waals surface area contributed by atoms with Crippen molar-refractivity contribution in [2.24, 2.45) is 11.8 Å². The van der Waals surface area contributed by atoms with Gasteiger partial charge in [-0.15, -0.1) is 0 Å². The van der Waals surface area contributed by atoms with Gasteiger partial charge >= 0.3 is 0 Å². The molecule has 0 amide bonds. The van der Waals surface area contributed by atoms with Crippen molar-refractivity contribution in [1.82, 2.24) is 20.9 Å². The van der Waals surface area contributed by atoms with Crippen LogP contribution in [0.1, 0.15) is 40.5 Å². The fourth-order valence-electron chi connectivity index (χ4n) is 4.22. The lowest BCUT2D eigenvalue weighted by molar-refractivity contribution is 0.290. The molecule has 4 nitrogen and oxygen atoms in total. The molecule has 0 aromatic heterocycles. The molecule has 1 aliphatic carbocycles. The summed E-state index contributed by atoms with van der Waals surface area (Å²) in [6.07, 6.45) is 2.59. The summed E-state index contributed by atoms with van der Waals surface area (Å²) in [4.78, 5) is 2.64. The van der Waals surface area contributed by atoms with Crippen LogP contribution in [0.3, 0.4) is 0 Å². The SMILES string of the molecule is CC(CCN1CC[C@H](NC(C)(C)C)C1)N[C@H]1[C@@H]2CNC[C@@H]21. The van der Waals surface area contributed by atoms with E-state index in [0.29, 0.717) is 12.1 Å². The van der Waals surface area contributed by atoms with Crippen molar-refractivity contribution in [2.75, 3.05) is 32.7 Å². The van der Waals surface area contributed by atoms with Crippen molar-refractivity contribution in [3.63, 3.8) is 0 Å². The second kappa shape index (κ2) is 6.15. The summed E-state index contributed by atoms with van der Waals surface area (Å²) in [7, 11) is 0. The quantitative estimate of drug-likeness (QED) is 0.684. The molecule has 2 saturated heterocycles. The van der Waals surface area contributed by atoms with E-state index in [4.69, 9.17) is 0 Å². The van der Waals surface area contributed by atoms with Crippen molar-refractivity contribution in [3.05, 3.63) is 0 Å². The van der Waals surface area contributed by atoms with Gasteiger partial charge in [-0.05, 0) is 78.6 Å². The molecule has 3 rings (SSSR count). The highest BCUT2D eigenvalue weighted by Gasteiger charge is 2.52. The summed E-state index contributed by atoms with van der Waals surface area (Å²) >= 11 is 0. The zero-order valence-electron chi connectivity index (χ0n) is 14.3. The van der Waals surface area contributed by atoms with Crippen molar-refractivity contribution in [3.8, 4) is 0 Å². The maximum Gasteiger partial charge on any atom is 0.0212 e. The standard InChI is InChI=1S/C17H34N4/c1-12(19-16-14-9-18-10-15(14)16)5-7-21-8-6-13(11-21)20-17(2,3)4/h12-16,18-20H,5-11H2,1-4H3/t12?,13-,14-,15+,16+/m0/s1. The summed E-state index contributed by atoms with van der Waals surface area (Å²) in [5, 5.41) is 11.1. The Balaban J connectivity index is 1.31. The largest absolute Gasteiger partial charge is 0.316 e. The van der Waals surface area contributed by atoms with Crippen molar-refractivity contribution in [2.45, 2.75) is 64.2 Å². The molecule has 0 bridgehead atoms. The third-order valence-electron chi connectivity index (χ3n) is 5.36. The number of nitrogens with one attached hydrogen (secondary N) is 3. The van der Waals surface area contributed by atoms with Gasteiger partial charge in [0.15, 0.2) is 0 Å². The van der Waals surface area contributed by atoms with Crippen LogP contribution in [0.2, 0.25) is 0 Å². The van der Waals surface area contributed by atoms with Gasteiger partial charge in [0.2, 0.25) is 0 Å². The van der Waals surface area contributed by atoms with Gasteiger partial charge in [0, 0.05) is 30.2 Å². The Kier molecular flexibility index (Phi) is 4.60. The molecule has 3 aliphatic rings. The van der Waals surface area contributed by atoms with Gasteiger partial charge in [-0.3, -0.25) is 0 Å². The van der Waals surface area contributed by atoms with Gasteiger partial charge < -0.3 is 20.9 Å². The maximum absolute atomic E-state index is 3.85. The highest BCUT2D eigenvalue weighted by molar-refractivity contribution is 5.09. The second-order valence-electron chi connectivity index (χ2n) is 8.55. The van der Waals surface area contributed by atoms with Gasteiger partial charge in [0.25, 0.3) is 0 Å². The zero-order valence-corrected chi connectivity index (χ0v) is 14.3. The predicted octanol–water partition coefficient (Wildman–Crippen LogP) is 1.03. The minimum atomic E-state index is 0.243. The molecular formula is C17H34N4. The van der Waals surface area contributed by atoms with Crippen molar-refractivity contribution in [1.29, 1.82) is 0 Å². The summed E-state index contributed by atoms with van der Waals surface area (Å²) in [5.41, 5.74) is 0.243. The molecule has 2 heterocycles. The van der Waals surface area contributed by atoms with E-state index in [9.17, 15) is 0 Å². The molecule has 1 unspecified atom stereocenters. The number of hydrogen-bond donors (Lipinski definition) is 3. The zero-order chi connectivity index (χ0) is 15.0. The third-order valence-corrected chi connectivity index (χ3v) is 5.36. The summed E-state index contributed by atoms with van der Waals surface area (Å²) in [6, 6.07) is 2.16. The monoisotopic (exact) mass is 294 g/mol. The molecule has 0 aromatic carbocycles. The first kappa shape index (κ1) is 15.7. The summed E-state index contributed by atoms with van der Waals surface area (Å²) in [5.74, 6) is 1.86. The fraction of sp³-hybridized carbons (Fsp3) is 1.00. The Morgan fingerprint density at radius 1 is 1.24 bits per heavy atom. The fourth-order valence-corrected chi connectivity index (χ4v) is 4.22. The Morgan fingerprint density at radius 2 is 1.95 bits per heavy atom. The maximum atomic E-state index is 3.85. The third kappa shape index (κ3) is 4.19. The number of fused-ring (bicyclic) bond motifs is 1. The topological polar surface area (TPSA) is 39.3 Å². The van der Waals surface area contributed by atoms with E-state index in [2.05, 4.69) is 48.5 Å². The van der Waals surface area contributed by atoms with Crippen LogP contribution in [0.25, 0.3) is 0 Å². The number of piperidine rings is 1. The van der Waals surface area contributed by atoms with Gasteiger partial charge in [-0.25, -0.2) is 0 Å². The highest BCUT2D eigenvalue weighted by atomic mass is 15.2. The molecule has 3 fully saturated rings. The van der Waals surface area contributed by atoms with E-state index < -0.39 is 0 Å². The summed E-state index contributed by atoms with van der Waals surface area (Å²) in [6.45, 7) is 15.4. The average molecular weight is 294 g/mol. The van der Waals surface area contributed by atoms with Crippen LogP contribution < -0.4 is 16.0 Å². The smallest absolute Gasteiger partial charge is 0.0212 e. The van der Waals surface area contributed by atoms with E-state index in [0.717, 1.165) is 17.9 Å². The Hall–Kier alpha value is -0.160. The molecule has 5 atom stereocenters. The minimum absolute atomic E-state index is 0.243. The molecule has 0 aromatic rings. The van der Waals surface area contributed by atoms with Crippen molar-refractivity contribution < 1.29 is 0 Å². The van der Waals surface area contributed by atoms with E-state index in [1.807, 2.05) is 0 Å². The molecule has 21 heavy (non-hydrogen) atoms. The molecule has 2 aliphatic heterocycles. The minimum Gasteiger partial charge on any atom is -0.316 e. The first-order valence-corrected chi connectivity index (χ1v) is 8.89. The molecule has 0 radical (unpaired) electrons. The average Bonchev–Trinajstić information content (AvgIpc) is 2.82. The van der Waals surface area contributed by atoms with Crippen LogP contribution >= 0.6 is 0 Å². The van der Waals surface area contributed by atoms with E-state index in [-0.39, 0.29) is 5.54 Å². The predicted molar refractivity (Wildman–Crippen MR) is 88.6 cm³/mol. The van der Waals surface area contributed by atoms with E-state index in [1.165, 1.54) is 45.6 Å². The van der Waals surface area contributed by atoms with E-state index >= 15 is 0 Å². The van der Waals surface area contributed by atoms with Gasteiger partial charge in [0.1, 0.15) is 0 Å². The van der Waals surface area contributed by atoms with Gasteiger partial charge in [-0.2, -0.15) is 0 Å². The highest BCUT2D eigenvalue weighted by Crippen LogP contribution is 2.41. The molecular weight excluding hydrogens is 260 g/mol. The molecule has 4 heteroatoms. The molecule has 0 spiro atoms. The lowest BCUT2D eigenvalue weighted by Crippen LogP contribution is -2.45. The molecule has 3 N–H and O–H groups in total. The molecule has 1 saturated carbocycles. The lowest BCUT2D eigenvalue weighted by atomic mass is 10.1. The lowest BCUT2D eigenvalue weighted by Gasteiger charge is -2.26. The summed E-state index contributed by atoms with van der Waals surface area (Å²) < 4.78 is 0. The molecule has 122 valence electrons. The van der Waals surface area contributed by atoms with Gasteiger partial charge in [-0.1, -0.05) is 0 Å². The Labute approximate surface area is 130 Å². The number of rotatable bonds is 6. The first-order valence-electron chi connectivity index (χ1n) is 8.89. The number of likely N-dealkylation sites (tertiary alicyclic amines) is 1. The van der Waals surface area contributed by atoms with Crippen LogP contribution in [-0.4, -0.2) is 61.3 Å². The first-order chi connectivity index (χ1) is 9.92. The van der Waals surface area contributed by atoms with Crippen LogP contribution in [-0.2, 0) is 0 Å². The van der Waals surface area contributed by atoms with Crippen LogP contribution in [0.5, 0.6) is 0 Å². The second-order valence-corrected chi connectivity index (χ2v) is 8.55. The van der Waals surface area contributed by atoms with Crippen LogP contribution in [0.4, 0.5) is 0 Å².